The molecule has 5 rings (SSSR count). The van der Waals surface area contributed by atoms with E-state index in [0.29, 0.717) is 12.1 Å². The molecule has 0 spiro atoms. The zero-order chi connectivity index (χ0) is 28.1. The summed E-state index contributed by atoms with van der Waals surface area (Å²) in [6, 6.07) is 7.27. The van der Waals surface area contributed by atoms with E-state index in [9.17, 15) is 35.1 Å². The molecule has 7 nitrogen and oxygen atoms in total. The van der Waals surface area contributed by atoms with E-state index in [0.717, 1.165) is 6.07 Å². The van der Waals surface area contributed by atoms with E-state index in [1.54, 1.807) is 0 Å². The summed E-state index contributed by atoms with van der Waals surface area (Å²) in [5.41, 5.74) is 2.49. The molecule has 2 aromatic carbocycles. The van der Waals surface area contributed by atoms with Gasteiger partial charge in [0.15, 0.2) is 23.3 Å². The predicted octanol–water partition coefficient (Wildman–Crippen LogP) is 5.85. The quantitative estimate of drug-likeness (QED) is 0.282. The van der Waals surface area contributed by atoms with E-state index >= 15 is 0 Å². The van der Waals surface area contributed by atoms with Crippen LogP contribution in [0.3, 0.4) is 0 Å². The zero-order valence-electron chi connectivity index (χ0n) is 19.2. The fourth-order valence-corrected chi connectivity index (χ4v) is 3.80. The Morgan fingerprint density at radius 3 is 2.23 bits per heavy atom. The molecule has 0 bridgehead atoms. The Kier molecular flexibility index (Phi) is 6.15. The molecule has 2 aliphatic rings. The van der Waals surface area contributed by atoms with Gasteiger partial charge in [0.25, 0.3) is 0 Å². The van der Waals surface area contributed by atoms with Crippen LogP contribution in [0, 0.1) is 11.6 Å². The third-order valence-electron chi connectivity index (χ3n) is 5.60. The van der Waals surface area contributed by atoms with E-state index < -0.39 is 40.7 Å². The number of nitrogens with two attached hydrogens (primary N) is 1. The summed E-state index contributed by atoms with van der Waals surface area (Å²) in [4.78, 5) is 8.30. The highest BCUT2D eigenvalue weighted by Gasteiger charge is 2.38. The van der Waals surface area contributed by atoms with Crippen molar-refractivity contribution in [2.45, 2.75) is 18.9 Å². The van der Waals surface area contributed by atoms with Gasteiger partial charge in [-0.1, -0.05) is 12.1 Å². The number of fused-ring (bicyclic) bond motifs is 1. The lowest BCUT2D eigenvalue weighted by molar-refractivity contribution is -0.142. The smallest absolute Gasteiger partial charge is 0.380 e. The maximum Gasteiger partial charge on any atom is 0.417 e. The van der Waals surface area contributed by atoms with Crippen LogP contribution in [0.2, 0.25) is 0 Å². The van der Waals surface area contributed by atoms with Gasteiger partial charge in [0, 0.05) is 5.56 Å². The number of anilines is 1. The molecule has 0 saturated carbocycles. The van der Waals surface area contributed by atoms with Crippen molar-refractivity contribution < 1.29 is 35.1 Å². The van der Waals surface area contributed by atoms with Crippen molar-refractivity contribution in [1.82, 2.24) is 29.9 Å². The molecule has 0 fully saturated rings. The van der Waals surface area contributed by atoms with Crippen molar-refractivity contribution >= 4 is 5.82 Å². The Balaban J connectivity index is 1.44. The first-order chi connectivity index (χ1) is 18.3. The largest absolute Gasteiger partial charge is 0.417 e. The van der Waals surface area contributed by atoms with E-state index in [2.05, 4.69) is 25.3 Å². The molecule has 0 radical (unpaired) electrons. The second-order valence-electron chi connectivity index (χ2n) is 8.26. The van der Waals surface area contributed by atoms with Crippen LogP contribution in [0.5, 0.6) is 0 Å². The Morgan fingerprint density at radius 1 is 0.795 bits per heavy atom. The maximum absolute atomic E-state index is 14.2. The van der Waals surface area contributed by atoms with E-state index in [1.807, 2.05) is 0 Å². The van der Waals surface area contributed by atoms with Gasteiger partial charge in [0.1, 0.15) is 11.4 Å². The summed E-state index contributed by atoms with van der Waals surface area (Å²) in [7, 11) is 0. The number of aromatic nitrogens is 6. The monoisotopic (exact) mass is 551 g/mol. The summed E-state index contributed by atoms with van der Waals surface area (Å²) < 4.78 is 108. The molecule has 3 aromatic rings. The van der Waals surface area contributed by atoms with Crippen LogP contribution >= 0.6 is 0 Å². The van der Waals surface area contributed by atoms with Crippen molar-refractivity contribution in [2.24, 2.45) is 0 Å². The highest BCUT2D eigenvalue weighted by Crippen LogP contribution is 2.40. The lowest BCUT2D eigenvalue weighted by atomic mass is 10.00. The zero-order valence-corrected chi connectivity index (χ0v) is 19.2. The minimum Gasteiger partial charge on any atom is -0.380 e. The number of halogens is 8. The van der Waals surface area contributed by atoms with Crippen molar-refractivity contribution in [3.8, 4) is 34.0 Å². The summed E-state index contributed by atoms with van der Waals surface area (Å²) in [6.07, 6.45) is -8.64. The second kappa shape index (κ2) is 9.25. The van der Waals surface area contributed by atoms with Gasteiger partial charge >= 0.3 is 12.4 Å². The fourth-order valence-electron chi connectivity index (χ4n) is 3.80. The molecule has 3 heterocycles. The Bertz CT molecular complexity index is 1640. The first-order valence-electron chi connectivity index (χ1n) is 10.9. The molecule has 0 atom stereocenters. The van der Waals surface area contributed by atoms with Crippen molar-refractivity contribution in [3.05, 3.63) is 83.2 Å². The number of benzene rings is 2. The van der Waals surface area contributed by atoms with Gasteiger partial charge in [-0.05, 0) is 36.4 Å². The predicted molar refractivity (Wildman–Crippen MR) is 121 cm³/mol. The third-order valence-corrected chi connectivity index (χ3v) is 5.60. The van der Waals surface area contributed by atoms with E-state index in [4.69, 9.17) is 5.73 Å². The average Bonchev–Trinajstić information content (AvgIpc) is 3.29. The third kappa shape index (κ3) is 5.06. The molecular weight excluding hydrogens is 538 g/mol. The molecule has 200 valence electrons. The molecule has 0 amide bonds. The Labute approximate surface area is 213 Å². The standard InChI is InChI=1S/C24H13F8N7/c25-16-3-1-2-14(19(16)26)22-34-18-10-39(38-21(33)20(18)35-22)9-12-5-7-17(37-36-12)13-6-4-11(23(27,28)29)8-15(13)24(30,31)32/h1-8,10H,9H2,(H2,33,38). The Morgan fingerprint density at radius 2 is 1.56 bits per heavy atom. The highest BCUT2D eigenvalue weighted by atomic mass is 19.4. The molecular formula is C24H13F8N7. The van der Waals surface area contributed by atoms with Crippen LogP contribution in [-0.4, -0.2) is 29.9 Å². The van der Waals surface area contributed by atoms with Crippen molar-refractivity contribution in [1.29, 1.82) is 0 Å². The van der Waals surface area contributed by atoms with Gasteiger partial charge in [0.2, 0.25) is 0 Å². The van der Waals surface area contributed by atoms with E-state index in [-0.39, 0.29) is 52.6 Å². The molecule has 0 saturated heterocycles. The lowest BCUT2D eigenvalue weighted by Gasteiger charge is -2.15. The van der Waals surface area contributed by atoms with Crippen LogP contribution < -0.4 is 5.73 Å². The number of nitrogens with zero attached hydrogens (tertiary/aromatic N) is 6. The topological polar surface area (TPSA) is 95.4 Å². The minimum atomic E-state index is -5.07. The number of alkyl halides is 6. The van der Waals surface area contributed by atoms with Gasteiger partial charge in [0.05, 0.1) is 40.8 Å². The molecule has 0 unspecified atom stereocenters. The molecule has 1 aromatic heterocycles. The number of rotatable bonds is 4. The molecule has 0 aliphatic carbocycles. The second-order valence-corrected chi connectivity index (χ2v) is 8.26. The van der Waals surface area contributed by atoms with Crippen molar-refractivity contribution in [2.75, 3.05) is 5.73 Å². The SMILES string of the molecule is Nc1nn(Cc2ccc(-c3ccc(C(F)(F)F)cc3C(F)(F)F)nn2)cc2nc(-c3cccc(F)c3F)nc1-2. The lowest BCUT2D eigenvalue weighted by Crippen LogP contribution is -2.13. The van der Waals surface area contributed by atoms with E-state index in [1.165, 1.54) is 35.1 Å². The summed E-state index contributed by atoms with van der Waals surface area (Å²) >= 11 is 0. The normalized spacial score (nSPS) is 12.3. The first-order valence-corrected chi connectivity index (χ1v) is 10.9. The van der Waals surface area contributed by atoms with Crippen LogP contribution in [0.1, 0.15) is 16.8 Å². The van der Waals surface area contributed by atoms with Crippen LogP contribution in [0.25, 0.3) is 34.0 Å². The van der Waals surface area contributed by atoms with Gasteiger partial charge in [-0.15, -0.1) is 0 Å². The summed E-state index contributed by atoms with van der Waals surface area (Å²) in [5, 5.41) is 11.7. The molecule has 2 aliphatic heterocycles. The summed E-state index contributed by atoms with van der Waals surface area (Å²) in [5.74, 6) is -2.42. The van der Waals surface area contributed by atoms with Gasteiger partial charge in [-0.25, -0.2) is 18.7 Å². The van der Waals surface area contributed by atoms with Gasteiger partial charge < -0.3 is 5.73 Å². The molecule has 2 N–H and O–H groups in total. The van der Waals surface area contributed by atoms with Gasteiger partial charge in [-0.3, -0.25) is 4.68 Å². The maximum atomic E-state index is 14.2. The number of hydrogen-bond donors (Lipinski definition) is 1. The average molecular weight is 551 g/mol. The Hall–Kier alpha value is -4.69. The molecule has 15 heteroatoms. The fraction of sp³-hybridized carbons (Fsp3) is 0.125. The minimum absolute atomic E-state index is 0.0214. The highest BCUT2D eigenvalue weighted by molar-refractivity contribution is 5.72. The first kappa shape index (κ1) is 25.9. The number of imidazole rings is 1. The van der Waals surface area contributed by atoms with Crippen molar-refractivity contribution in [3.63, 3.8) is 0 Å². The van der Waals surface area contributed by atoms with Crippen LogP contribution in [-0.2, 0) is 18.9 Å². The van der Waals surface area contributed by atoms with Crippen LogP contribution in [0.15, 0.2) is 54.7 Å². The number of hydrogen-bond acceptors (Lipinski definition) is 6. The summed E-state index contributed by atoms with van der Waals surface area (Å²) in [6.45, 7) is -0.0803. The molecule has 39 heavy (non-hydrogen) atoms. The number of nitrogen functional groups attached to an aromatic ring is 1. The van der Waals surface area contributed by atoms with Gasteiger partial charge in [-0.2, -0.15) is 41.6 Å². The van der Waals surface area contributed by atoms with Crippen LogP contribution in [0.4, 0.5) is 40.9 Å².